The van der Waals surface area contributed by atoms with Crippen LogP contribution in [0.5, 0.6) is 5.75 Å². The first-order valence-corrected chi connectivity index (χ1v) is 7.09. The number of ether oxygens (including phenoxy) is 1. The van der Waals surface area contributed by atoms with Gasteiger partial charge in [-0.25, -0.2) is 4.39 Å². The van der Waals surface area contributed by atoms with E-state index in [9.17, 15) is 9.18 Å². The molecule has 0 aromatic heterocycles. The summed E-state index contributed by atoms with van der Waals surface area (Å²) in [5, 5.41) is 11.9. The molecule has 0 amide bonds. The van der Waals surface area contributed by atoms with E-state index in [2.05, 4.69) is 5.32 Å². The minimum atomic E-state index is -0.767. The van der Waals surface area contributed by atoms with E-state index in [1.165, 1.54) is 13.2 Å². The van der Waals surface area contributed by atoms with Crippen molar-refractivity contribution in [3.05, 3.63) is 29.6 Å². The van der Waals surface area contributed by atoms with Crippen LogP contribution in [0, 0.1) is 11.2 Å². The Labute approximate surface area is 125 Å². The van der Waals surface area contributed by atoms with E-state index in [1.54, 1.807) is 12.1 Å². The van der Waals surface area contributed by atoms with Crippen LogP contribution in [0.2, 0.25) is 0 Å². The number of aliphatic carboxylic acids is 1. The third kappa shape index (κ3) is 6.58. The van der Waals surface area contributed by atoms with E-state index in [0.29, 0.717) is 24.3 Å². The molecular weight excluding hydrogens is 273 g/mol. The van der Waals surface area contributed by atoms with Gasteiger partial charge in [-0.1, -0.05) is 19.9 Å². The predicted molar refractivity (Wildman–Crippen MR) is 79.9 cm³/mol. The monoisotopic (exact) mass is 297 g/mol. The fourth-order valence-corrected chi connectivity index (χ4v) is 2.02. The topological polar surface area (TPSA) is 58.6 Å². The van der Waals surface area contributed by atoms with Gasteiger partial charge < -0.3 is 15.2 Å². The van der Waals surface area contributed by atoms with Crippen molar-refractivity contribution < 1.29 is 19.0 Å². The maximum absolute atomic E-state index is 13.7. The largest absolute Gasteiger partial charge is 0.497 e. The second-order valence-electron chi connectivity index (χ2n) is 5.94. The normalized spacial score (nSPS) is 11.4. The smallest absolute Gasteiger partial charge is 0.303 e. The van der Waals surface area contributed by atoms with E-state index in [1.807, 2.05) is 13.8 Å². The van der Waals surface area contributed by atoms with E-state index in [0.717, 1.165) is 13.0 Å². The fraction of sp³-hybridized carbons (Fsp3) is 0.562. The van der Waals surface area contributed by atoms with Crippen LogP contribution in [0.1, 0.15) is 38.7 Å². The van der Waals surface area contributed by atoms with E-state index < -0.39 is 5.97 Å². The Morgan fingerprint density at radius 2 is 2.10 bits per heavy atom. The van der Waals surface area contributed by atoms with Gasteiger partial charge in [0.15, 0.2) is 0 Å². The highest BCUT2D eigenvalue weighted by Crippen LogP contribution is 2.26. The van der Waals surface area contributed by atoms with Crippen LogP contribution in [0.15, 0.2) is 18.2 Å². The van der Waals surface area contributed by atoms with Gasteiger partial charge in [0, 0.05) is 24.6 Å². The Bertz CT molecular complexity index is 475. The summed E-state index contributed by atoms with van der Waals surface area (Å²) in [7, 11) is 1.51. The zero-order valence-electron chi connectivity index (χ0n) is 12.9. The molecule has 0 atom stereocenters. The number of carboxylic acid groups (broad SMARTS) is 1. The van der Waals surface area contributed by atoms with Crippen molar-refractivity contribution >= 4 is 5.97 Å². The summed E-state index contributed by atoms with van der Waals surface area (Å²) in [6, 6.07) is 4.81. The molecule has 0 aliphatic rings. The Kier molecular flexibility index (Phi) is 6.62. The Morgan fingerprint density at radius 3 is 2.67 bits per heavy atom. The van der Waals surface area contributed by atoms with Crippen molar-refractivity contribution in [3.8, 4) is 5.75 Å². The minimum Gasteiger partial charge on any atom is -0.497 e. The van der Waals surface area contributed by atoms with Crippen LogP contribution in [0.3, 0.4) is 0 Å². The standard InChI is InChI=1S/C16H24FNO3/c1-16(2,7-6-15(19)20)8-9-18-11-12-4-5-13(21-3)10-14(12)17/h4-5,10,18H,6-9,11H2,1-3H3,(H,19,20). The highest BCUT2D eigenvalue weighted by molar-refractivity contribution is 5.66. The molecule has 1 rings (SSSR count). The number of rotatable bonds is 9. The van der Waals surface area contributed by atoms with E-state index in [-0.39, 0.29) is 17.7 Å². The molecule has 21 heavy (non-hydrogen) atoms. The second kappa shape index (κ2) is 7.98. The number of carbonyl (C=O) groups is 1. The summed E-state index contributed by atoms with van der Waals surface area (Å²) < 4.78 is 18.7. The maximum Gasteiger partial charge on any atom is 0.303 e. The number of carboxylic acids is 1. The van der Waals surface area contributed by atoms with Crippen molar-refractivity contribution in [3.63, 3.8) is 0 Å². The summed E-state index contributed by atoms with van der Waals surface area (Å²) in [6.45, 7) is 5.26. The third-order valence-electron chi connectivity index (χ3n) is 3.57. The van der Waals surface area contributed by atoms with Gasteiger partial charge in [0.1, 0.15) is 11.6 Å². The Hall–Kier alpha value is -1.62. The summed E-state index contributed by atoms with van der Waals surface area (Å²) in [5.74, 6) is -0.547. The first-order valence-electron chi connectivity index (χ1n) is 7.09. The molecular formula is C16H24FNO3. The zero-order chi connectivity index (χ0) is 15.9. The van der Waals surface area contributed by atoms with Crippen molar-refractivity contribution in [1.29, 1.82) is 0 Å². The molecule has 1 aromatic carbocycles. The number of hydrogen-bond donors (Lipinski definition) is 2. The second-order valence-corrected chi connectivity index (χ2v) is 5.94. The van der Waals surface area contributed by atoms with Crippen LogP contribution >= 0.6 is 0 Å². The molecule has 0 aliphatic carbocycles. The van der Waals surface area contributed by atoms with Crippen molar-refractivity contribution in [2.75, 3.05) is 13.7 Å². The van der Waals surface area contributed by atoms with Gasteiger partial charge >= 0.3 is 5.97 Å². The lowest BCUT2D eigenvalue weighted by atomic mass is 9.84. The van der Waals surface area contributed by atoms with Gasteiger partial charge in [-0.05, 0) is 30.9 Å². The minimum absolute atomic E-state index is 0.0379. The molecule has 5 heteroatoms. The molecule has 0 unspecified atom stereocenters. The Balaban J connectivity index is 2.35. The average Bonchev–Trinajstić information content (AvgIpc) is 2.43. The molecule has 0 bridgehead atoms. The van der Waals surface area contributed by atoms with Gasteiger partial charge in [-0.3, -0.25) is 4.79 Å². The van der Waals surface area contributed by atoms with Crippen LogP contribution < -0.4 is 10.1 Å². The highest BCUT2D eigenvalue weighted by Gasteiger charge is 2.18. The molecule has 2 N–H and O–H groups in total. The third-order valence-corrected chi connectivity index (χ3v) is 3.57. The number of benzene rings is 1. The highest BCUT2D eigenvalue weighted by atomic mass is 19.1. The van der Waals surface area contributed by atoms with Crippen LogP contribution in [0.4, 0.5) is 4.39 Å². The summed E-state index contributed by atoms with van der Waals surface area (Å²) in [6.07, 6.45) is 1.67. The quantitative estimate of drug-likeness (QED) is 0.687. The first kappa shape index (κ1) is 17.4. The zero-order valence-corrected chi connectivity index (χ0v) is 12.9. The van der Waals surface area contributed by atoms with Crippen LogP contribution in [-0.2, 0) is 11.3 Å². The number of hydrogen-bond acceptors (Lipinski definition) is 3. The van der Waals surface area contributed by atoms with E-state index >= 15 is 0 Å². The Morgan fingerprint density at radius 1 is 1.38 bits per heavy atom. The van der Waals surface area contributed by atoms with Crippen molar-refractivity contribution in [2.24, 2.45) is 5.41 Å². The molecule has 4 nitrogen and oxygen atoms in total. The van der Waals surface area contributed by atoms with E-state index in [4.69, 9.17) is 9.84 Å². The number of methoxy groups -OCH3 is 1. The molecule has 0 saturated carbocycles. The van der Waals surface area contributed by atoms with Crippen LogP contribution in [0.25, 0.3) is 0 Å². The molecule has 0 radical (unpaired) electrons. The number of halogens is 1. The molecule has 0 spiro atoms. The predicted octanol–water partition coefficient (Wildman–Crippen LogP) is 3.21. The molecule has 0 saturated heterocycles. The van der Waals surface area contributed by atoms with Gasteiger partial charge in [0.05, 0.1) is 7.11 Å². The summed E-state index contributed by atoms with van der Waals surface area (Å²) in [4.78, 5) is 10.6. The van der Waals surface area contributed by atoms with Crippen molar-refractivity contribution in [1.82, 2.24) is 5.32 Å². The lowest BCUT2D eigenvalue weighted by molar-refractivity contribution is -0.137. The van der Waals surface area contributed by atoms with Gasteiger partial charge in [-0.15, -0.1) is 0 Å². The van der Waals surface area contributed by atoms with Gasteiger partial charge in [-0.2, -0.15) is 0 Å². The lowest BCUT2D eigenvalue weighted by Crippen LogP contribution is -2.23. The SMILES string of the molecule is COc1ccc(CNCCC(C)(C)CCC(=O)O)c(F)c1. The van der Waals surface area contributed by atoms with Gasteiger partial charge in [0.2, 0.25) is 0 Å². The summed E-state index contributed by atoms with van der Waals surface area (Å²) in [5.41, 5.74) is 0.559. The molecule has 1 aromatic rings. The lowest BCUT2D eigenvalue weighted by Gasteiger charge is -2.23. The fourth-order valence-electron chi connectivity index (χ4n) is 2.02. The molecule has 0 heterocycles. The first-order chi connectivity index (χ1) is 9.84. The maximum atomic E-state index is 13.7. The van der Waals surface area contributed by atoms with Crippen molar-refractivity contribution in [2.45, 2.75) is 39.7 Å². The number of nitrogens with one attached hydrogen (secondary N) is 1. The molecule has 0 fully saturated rings. The van der Waals surface area contributed by atoms with Gasteiger partial charge in [0.25, 0.3) is 0 Å². The molecule has 118 valence electrons. The molecule has 0 aliphatic heterocycles. The summed E-state index contributed by atoms with van der Waals surface area (Å²) >= 11 is 0. The van der Waals surface area contributed by atoms with Crippen LogP contribution in [-0.4, -0.2) is 24.7 Å². The average molecular weight is 297 g/mol.